The third kappa shape index (κ3) is 5.64. The SMILES string of the molecule is CN(C)CCNC(=O)C(C)(C)C(=O)Nc1ccc(C(C)(C)C)cc1. The van der Waals surface area contributed by atoms with Gasteiger partial charge in [0, 0.05) is 18.8 Å². The van der Waals surface area contributed by atoms with E-state index in [1.807, 2.05) is 43.3 Å². The molecule has 0 saturated carbocycles. The van der Waals surface area contributed by atoms with Gasteiger partial charge in [0.05, 0.1) is 0 Å². The van der Waals surface area contributed by atoms with E-state index in [0.29, 0.717) is 12.2 Å². The number of carbonyl (C=O) groups is 2. The fourth-order valence-electron chi connectivity index (χ4n) is 2.06. The summed E-state index contributed by atoms with van der Waals surface area (Å²) < 4.78 is 0. The minimum atomic E-state index is -1.13. The molecule has 0 bridgehead atoms. The first kappa shape index (κ1) is 20.2. The van der Waals surface area contributed by atoms with Crippen LogP contribution < -0.4 is 10.6 Å². The number of nitrogens with one attached hydrogen (secondary N) is 2. The molecule has 2 amide bonds. The highest BCUT2D eigenvalue weighted by atomic mass is 16.2. The van der Waals surface area contributed by atoms with Gasteiger partial charge in [-0.3, -0.25) is 9.59 Å². The fourth-order valence-corrected chi connectivity index (χ4v) is 2.06. The average molecular weight is 333 g/mol. The Morgan fingerprint density at radius 1 is 0.958 bits per heavy atom. The van der Waals surface area contributed by atoms with Crippen LogP contribution in [0.5, 0.6) is 0 Å². The largest absolute Gasteiger partial charge is 0.354 e. The van der Waals surface area contributed by atoms with Crippen molar-refractivity contribution in [1.29, 1.82) is 0 Å². The summed E-state index contributed by atoms with van der Waals surface area (Å²) in [6, 6.07) is 7.75. The lowest BCUT2D eigenvalue weighted by Crippen LogP contribution is -2.46. The normalized spacial score (nSPS) is 12.2. The Bertz CT molecular complexity index is 569. The van der Waals surface area contributed by atoms with Crippen LogP contribution in [0, 0.1) is 5.41 Å². The molecule has 0 radical (unpaired) electrons. The van der Waals surface area contributed by atoms with Crippen molar-refractivity contribution in [3.63, 3.8) is 0 Å². The Kier molecular flexibility index (Phi) is 6.55. The van der Waals surface area contributed by atoms with Crippen LogP contribution in [0.1, 0.15) is 40.2 Å². The van der Waals surface area contributed by atoms with E-state index < -0.39 is 5.41 Å². The van der Waals surface area contributed by atoms with Crippen molar-refractivity contribution in [1.82, 2.24) is 10.2 Å². The molecular formula is C19H31N3O2. The zero-order valence-electron chi connectivity index (χ0n) is 16.0. The summed E-state index contributed by atoms with van der Waals surface area (Å²) in [5.41, 5.74) is 0.826. The number of rotatable bonds is 6. The highest BCUT2D eigenvalue weighted by molar-refractivity contribution is 6.09. The van der Waals surface area contributed by atoms with Gasteiger partial charge in [0.1, 0.15) is 5.41 Å². The Labute approximate surface area is 145 Å². The maximum Gasteiger partial charge on any atom is 0.239 e. The second-order valence-corrected chi connectivity index (χ2v) is 7.97. The summed E-state index contributed by atoms with van der Waals surface area (Å²) in [6.07, 6.45) is 0. The number of hydrogen-bond donors (Lipinski definition) is 2. The summed E-state index contributed by atoms with van der Waals surface area (Å²) in [5.74, 6) is -0.582. The number of anilines is 1. The molecule has 0 aliphatic rings. The van der Waals surface area contributed by atoms with Crippen molar-refractivity contribution in [3.8, 4) is 0 Å². The van der Waals surface area contributed by atoms with Crippen LogP contribution in [0.3, 0.4) is 0 Å². The van der Waals surface area contributed by atoms with E-state index in [1.165, 1.54) is 5.56 Å². The summed E-state index contributed by atoms with van der Waals surface area (Å²) in [7, 11) is 3.87. The van der Waals surface area contributed by atoms with Gasteiger partial charge in [-0.25, -0.2) is 0 Å². The quantitative estimate of drug-likeness (QED) is 0.787. The van der Waals surface area contributed by atoms with E-state index in [2.05, 4.69) is 31.4 Å². The number of likely N-dealkylation sites (N-methyl/N-ethyl adjacent to an activating group) is 1. The predicted molar refractivity (Wildman–Crippen MR) is 99.1 cm³/mol. The summed E-state index contributed by atoms with van der Waals surface area (Å²) in [6.45, 7) is 10.9. The van der Waals surface area contributed by atoms with Gasteiger partial charge in [0.15, 0.2) is 0 Å². The molecular weight excluding hydrogens is 302 g/mol. The standard InChI is InChI=1S/C19H31N3O2/c1-18(2,3)14-8-10-15(11-9-14)21-17(24)19(4,5)16(23)20-12-13-22(6)7/h8-11H,12-13H2,1-7H3,(H,20,23)(H,21,24). The Hall–Kier alpha value is -1.88. The number of amides is 2. The third-order valence-electron chi connectivity index (χ3n) is 3.99. The van der Waals surface area contributed by atoms with E-state index >= 15 is 0 Å². The highest BCUT2D eigenvalue weighted by Crippen LogP contribution is 2.24. The molecule has 0 fully saturated rings. The number of nitrogens with zero attached hydrogens (tertiary/aromatic N) is 1. The third-order valence-corrected chi connectivity index (χ3v) is 3.99. The van der Waals surface area contributed by atoms with Gasteiger partial charge in [-0.15, -0.1) is 0 Å². The van der Waals surface area contributed by atoms with E-state index in [4.69, 9.17) is 0 Å². The topological polar surface area (TPSA) is 61.4 Å². The monoisotopic (exact) mass is 333 g/mol. The van der Waals surface area contributed by atoms with Crippen molar-refractivity contribution in [3.05, 3.63) is 29.8 Å². The summed E-state index contributed by atoms with van der Waals surface area (Å²) >= 11 is 0. The zero-order chi connectivity index (χ0) is 18.5. The first-order chi connectivity index (χ1) is 10.9. The summed E-state index contributed by atoms with van der Waals surface area (Å²) in [5, 5.41) is 5.64. The maximum absolute atomic E-state index is 12.5. The van der Waals surface area contributed by atoms with Gasteiger partial charge in [-0.1, -0.05) is 32.9 Å². The fraction of sp³-hybridized carbons (Fsp3) is 0.579. The van der Waals surface area contributed by atoms with E-state index in [9.17, 15) is 9.59 Å². The molecule has 0 heterocycles. The Morgan fingerprint density at radius 3 is 1.96 bits per heavy atom. The minimum Gasteiger partial charge on any atom is -0.354 e. The lowest BCUT2D eigenvalue weighted by Gasteiger charge is -2.24. The number of carbonyl (C=O) groups excluding carboxylic acids is 2. The van der Waals surface area contributed by atoms with Crippen LogP contribution in [-0.2, 0) is 15.0 Å². The molecule has 0 unspecified atom stereocenters. The van der Waals surface area contributed by atoms with Crippen molar-refractivity contribution >= 4 is 17.5 Å². The molecule has 1 aromatic rings. The molecule has 1 aromatic carbocycles. The van der Waals surface area contributed by atoms with Crippen LogP contribution >= 0.6 is 0 Å². The van der Waals surface area contributed by atoms with Crippen LogP contribution in [-0.4, -0.2) is 43.9 Å². The van der Waals surface area contributed by atoms with Crippen LogP contribution in [0.25, 0.3) is 0 Å². The van der Waals surface area contributed by atoms with Crippen molar-refractivity contribution < 1.29 is 9.59 Å². The molecule has 0 aromatic heterocycles. The molecule has 5 heteroatoms. The highest BCUT2D eigenvalue weighted by Gasteiger charge is 2.35. The van der Waals surface area contributed by atoms with Gasteiger partial charge >= 0.3 is 0 Å². The zero-order valence-corrected chi connectivity index (χ0v) is 16.0. The van der Waals surface area contributed by atoms with Crippen molar-refractivity contribution in [2.24, 2.45) is 5.41 Å². The summed E-state index contributed by atoms with van der Waals surface area (Å²) in [4.78, 5) is 26.7. The van der Waals surface area contributed by atoms with Gasteiger partial charge < -0.3 is 15.5 Å². The van der Waals surface area contributed by atoms with Crippen molar-refractivity contribution in [2.75, 3.05) is 32.5 Å². The Morgan fingerprint density at radius 2 is 1.50 bits per heavy atom. The van der Waals surface area contributed by atoms with Crippen molar-refractivity contribution in [2.45, 2.75) is 40.0 Å². The second kappa shape index (κ2) is 7.79. The van der Waals surface area contributed by atoms with Crippen LogP contribution in [0.15, 0.2) is 24.3 Å². The minimum absolute atomic E-state index is 0.0636. The first-order valence-corrected chi connectivity index (χ1v) is 8.29. The molecule has 0 aliphatic carbocycles. The van der Waals surface area contributed by atoms with Gasteiger partial charge in [0.25, 0.3) is 0 Å². The molecule has 0 atom stereocenters. The molecule has 0 spiro atoms. The number of hydrogen-bond acceptors (Lipinski definition) is 3. The van der Waals surface area contributed by atoms with Gasteiger partial charge in [0.2, 0.25) is 11.8 Å². The molecule has 0 aliphatic heterocycles. The predicted octanol–water partition coefficient (Wildman–Crippen LogP) is 2.63. The second-order valence-electron chi connectivity index (χ2n) is 7.97. The van der Waals surface area contributed by atoms with E-state index in [0.717, 1.165) is 6.54 Å². The number of benzene rings is 1. The van der Waals surface area contributed by atoms with Gasteiger partial charge in [-0.05, 0) is 51.1 Å². The molecule has 1 rings (SSSR count). The Balaban J connectivity index is 2.69. The molecule has 24 heavy (non-hydrogen) atoms. The lowest BCUT2D eigenvalue weighted by atomic mass is 9.87. The smallest absolute Gasteiger partial charge is 0.239 e. The van der Waals surface area contributed by atoms with Crippen LogP contribution in [0.4, 0.5) is 5.69 Å². The lowest BCUT2D eigenvalue weighted by molar-refractivity contribution is -0.138. The molecule has 5 nitrogen and oxygen atoms in total. The molecule has 134 valence electrons. The maximum atomic E-state index is 12.5. The van der Waals surface area contributed by atoms with E-state index in [-0.39, 0.29) is 17.2 Å². The molecule has 2 N–H and O–H groups in total. The first-order valence-electron chi connectivity index (χ1n) is 8.29. The average Bonchev–Trinajstić information content (AvgIpc) is 2.46. The van der Waals surface area contributed by atoms with Crippen LogP contribution in [0.2, 0.25) is 0 Å². The molecule has 0 saturated heterocycles. The van der Waals surface area contributed by atoms with Gasteiger partial charge in [-0.2, -0.15) is 0 Å². The van der Waals surface area contributed by atoms with E-state index in [1.54, 1.807) is 13.8 Å².